The summed E-state index contributed by atoms with van der Waals surface area (Å²) in [5, 5.41) is 14.2. The average Bonchev–Trinajstić information content (AvgIpc) is 2.61. The number of anilines is 2. The van der Waals surface area contributed by atoms with Crippen LogP contribution in [0.1, 0.15) is 39.5 Å². The second kappa shape index (κ2) is 8.69. The number of likely N-dealkylation sites (tertiary alicyclic amines) is 1. The molecule has 2 saturated heterocycles. The van der Waals surface area contributed by atoms with Crippen molar-refractivity contribution in [1.29, 1.82) is 0 Å². The third kappa shape index (κ3) is 5.19. The molecule has 0 bridgehead atoms. The van der Waals surface area contributed by atoms with Gasteiger partial charge in [-0.2, -0.15) is 0 Å². The third-order valence-electron chi connectivity index (χ3n) is 5.58. The molecule has 0 aliphatic carbocycles. The van der Waals surface area contributed by atoms with Crippen molar-refractivity contribution in [3.8, 4) is 0 Å². The van der Waals surface area contributed by atoms with Crippen LogP contribution < -0.4 is 10.2 Å². The Kier molecular flexibility index (Phi) is 6.31. The van der Waals surface area contributed by atoms with E-state index in [1.54, 1.807) is 12.1 Å². The fourth-order valence-electron chi connectivity index (χ4n) is 4.23. The van der Waals surface area contributed by atoms with Gasteiger partial charge >= 0.3 is 0 Å². The fraction of sp³-hybridized carbons (Fsp3) is 0.650. The fourth-order valence-corrected chi connectivity index (χ4v) is 4.23. The quantitative estimate of drug-likeness (QED) is 0.630. The van der Waals surface area contributed by atoms with E-state index < -0.39 is 4.92 Å². The number of hydrogen-bond donors (Lipinski definition) is 1. The summed E-state index contributed by atoms with van der Waals surface area (Å²) in [6.45, 7) is 8.40. The lowest BCUT2D eigenvalue weighted by molar-refractivity contribution is -0.383. The van der Waals surface area contributed by atoms with Crippen molar-refractivity contribution >= 4 is 23.0 Å². The second-order valence-corrected chi connectivity index (χ2v) is 8.18. The summed E-state index contributed by atoms with van der Waals surface area (Å²) in [5.74, 6) is 1.01. The van der Waals surface area contributed by atoms with Gasteiger partial charge in [-0.05, 0) is 56.2 Å². The lowest BCUT2D eigenvalue weighted by Crippen LogP contribution is -2.39. The van der Waals surface area contributed by atoms with Gasteiger partial charge in [0.05, 0.1) is 11.5 Å². The van der Waals surface area contributed by atoms with E-state index in [-0.39, 0.29) is 18.1 Å². The molecule has 1 N–H and O–H groups in total. The van der Waals surface area contributed by atoms with Crippen LogP contribution in [0.15, 0.2) is 18.2 Å². The standard InChI is InChI=1S/C20H30N4O3/c1-15-5-3-9-22(12-15)14-20(25)21-18-11-17(7-8-19(18)24(26)27)23-10-4-6-16(2)13-23/h7-8,11,15-16H,3-6,9-10,12-14H2,1-2H3,(H,21,25)/t15-,16+/m1/s1. The number of hydrogen-bond acceptors (Lipinski definition) is 5. The molecule has 0 saturated carbocycles. The van der Waals surface area contributed by atoms with Gasteiger partial charge in [0.1, 0.15) is 5.69 Å². The normalized spacial score (nSPS) is 23.9. The van der Waals surface area contributed by atoms with Crippen molar-refractivity contribution in [2.75, 3.05) is 42.9 Å². The van der Waals surface area contributed by atoms with Gasteiger partial charge in [-0.3, -0.25) is 19.8 Å². The minimum atomic E-state index is -0.429. The molecule has 0 unspecified atom stereocenters. The topological polar surface area (TPSA) is 78.7 Å². The van der Waals surface area contributed by atoms with Gasteiger partial charge in [0.2, 0.25) is 5.91 Å². The molecule has 0 aromatic heterocycles. The van der Waals surface area contributed by atoms with Gasteiger partial charge in [0, 0.05) is 31.4 Å². The van der Waals surface area contributed by atoms with E-state index in [2.05, 4.69) is 29.0 Å². The van der Waals surface area contributed by atoms with Crippen LogP contribution >= 0.6 is 0 Å². The molecule has 0 spiro atoms. The number of nitrogens with zero attached hydrogens (tertiary/aromatic N) is 3. The van der Waals surface area contributed by atoms with E-state index >= 15 is 0 Å². The van der Waals surface area contributed by atoms with Gasteiger partial charge < -0.3 is 10.2 Å². The Bertz CT molecular complexity index is 694. The Labute approximate surface area is 160 Å². The van der Waals surface area contributed by atoms with Crippen molar-refractivity contribution in [1.82, 2.24) is 4.90 Å². The Morgan fingerprint density at radius 2 is 1.89 bits per heavy atom. The van der Waals surface area contributed by atoms with Crippen LogP contribution in [0, 0.1) is 22.0 Å². The molecule has 148 valence electrons. The number of piperidine rings is 2. The number of benzene rings is 1. The Morgan fingerprint density at radius 1 is 1.19 bits per heavy atom. The summed E-state index contributed by atoms with van der Waals surface area (Å²) in [7, 11) is 0. The first-order chi connectivity index (χ1) is 12.9. The number of nitro benzene ring substituents is 1. The number of nitrogens with one attached hydrogen (secondary N) is 1. The summed E-state index contributed by atoms with van der Waals surface area (Å²) < 4.78 is 0. The highest BCUT2D eigenvalue weighted by Crippen LogP contribution is 2.31. The van der Waals surface area contributed by atoms with Gasteiger partial charge in [0.25, 0.3) is 5.69 Å². The second-order valence-electron chi connectivity index (χ2n) is 8.18. The maximum Gasteiger partial charge on any atom is 0.292 e. The number of nitro groups is 1. The van der Waals surface area contributed by atoms with Gasteiger partial charge in [-0.15, -0.1) is 0 Å². The highest BCUT2D eigenvalue weighted by Gasteiger charge is 2.23. The first-order valence-corrected chi connectivity index (χ1v) is 9.98. The molecular weight excluding hydrogens is 344 g/mol. The molecular formula is C20H30N4O3. The molecule has 2 fully saturated rings. The largest absolute Gasteiger partial charge is 0.371 e. The third-order valence-corrected chi connectivity index (χ3v) is 5.58. The summed E-state index contributed by atoms with van der Waals surface area (Å²) in [5.41, 5.74) is 1.18. The van der Waals surface area contributed by atoms with Crippen LogP contribution in [-0.4, -0.2) is 48.5 Å². The van der Waals surface area contributed by atoms with Crippen molar-refractivity contribution in [2.24, 2.45) is 11.8 Å². The minimum absolute atomic E-state index is 0.0517. The van der Waals surface area contributed by atoms with Crippen LogP contribution in [-0.2, 0) is 4.79 Å². The maximum absolute atomic E-state index is 12.5. The van der Waals surface area contributed by atoms with Gasteiger partial charge in [0.15, 0.2) is 0 Å². The molecule has 3 rings (SSSR count). The lowest BCUT2D eigenvalue weighted by atomic mass is 9.99. The van der Waals surface area contributed by atoms with E-state index in [1.807, 2.05) is 0 Å². The number of carbonyl (C=O) groups excluding carboxylic acids is 1. The van der Waals surface area contributed by atoms with E-state index in [0.717, 1.165) is 44.7 Å². The molecule has 1 aromatic carbocycles. The highest BCUT2D eigenvalue weighted by atomic mass is 16.6. The first-order valence-electron chi connectivity index (χ1n) is 9.98. The first kappa shape index (κ1) is 19.6. The van der Waals surface area contributed by atoms with Crippen molar-refractivity contribution < 1.29 is 9.72 Å². The molecule has 2 aliphatic heterocycles. The summed E-state index contributed by atoms with van der Waals surface area (Å²) in [6, 6.07) is 5.05. The lowest BCUT2D eigenvalue weighted by Gasteiger charge is -2.33. The highest BCUT2D eigenvalue weighted by molar-refractivity contribution is 5.95. The molecule has 1 amide bonds. The van der Waals surface area contributed by atoms with E-state index in [0.29, 0.717) is 17.5 Å². The zero-order valence-corrected chi connectivity index (χ0v) is 16.3. The Morgan fingerprint density at radius 3 is 2.56 bits per heavy atom. The van der Waals surface area contributed by atoms with E-state index in [4.69, 9.17) is 0 Å². The zero-order valence-electron chi connectivity index (χ0n) is 16.3. The van der Waals surface area contributed by atoms with E-state index in [1.165, 1.54) is 18.9 Å². The van der Waals surface area contributed by atoms with Crippen LogP contribution in [0.3, 0.4) is 0 Å². The number of rotatable bonds is 5. The van der Waals surface area contributed by atoms with Gasteiger partial charge in [-0.1, -0.05) is 13.8 Å². The molecule has 1 aromatic rings. The van der Waals surface area contributed by atoms with Gasteiger partial charge in [-0.25, -0.2) is 0 Å². The zero-order chi connectivity index (χ0) is 19.4. The molecule has 27 heavy (non-hydrogen) atoms. The van der Waals surface area contributed by atoms with Crippen LogP contribution in [0.2, 0.25) is 0 Å². The maximum atomic E-state index is 12.5. The molecule has 7 nitrogen and oxygen atoms in total. The Balaban J connectivity index is 1.72. The average molecular weight is 374 g/mol. The van der Waals surface area contributed by atoms with Crippen molar-refractivity contribution in [3.05, 3.63) is 28.3 Å². The van der Waals surface area contributed by atoms with Crippen molar-refractivity contribution in [3.63, 3.8) is 0 Å². The molecule has 2 atom stereocenters. The number of amides is 1. The summed E-state index contributed by atoms with van der Waals surface area (Å²) in [6.07, 6.45) is 4.62. The molecule has 7 heteroatoms. The number of carbonyl (C=O) groups is 1. The van der Waals surface area contributed by atoms with Crippen LogP contribution in [0.4, 0.5) is 17.1 Å². The van der Waals surface area contributed by atoms with Crippen LogP contribution in [0.25, 0.3) is 0 Å². The monoisotopic (exact) mass is 374 g/mol. The predicted molar refractivity (Wildman–Crippen MR) is 107 cm³/mol. The molecule has 2 aliphatic rings. The SMILES string of the molecule is C[C@@H]1CCCN(CC(=O)Nc2cc(N3CCC[C@H](C)C3)ccc2[N+](=O)[O-])C1. The summed E-state index contributed by atoms with van der Waals surface area (Å²) >= 11 is 0. The van der Waals surface area contributed by atoms with Crippen LogP contribution in [0.5, 0.6) is 0 Å². The predicted octanol–water partition coefficient (Wildman–Crippen LogP) is 3.50. The molecule has 2 heterocycles. The van der Waals surface area contributed by atoms with E-state index in [9.17, 15) is 14.9 Å². The minimum Gasteiger partial charge on any atom is -0.371 e. The smallest absolute Gasteiger partial charge is 0.292 e. The Hall–Kier alpha value is -2.15. The van der Waals surface area contributed by atoms with Crippen molar-refractivity contribution in [2.45, 2.75) is 39.5 Å². The molecule has 0 radical (unpaired) electrons. The summed E-state index contributed by atoms with van der Waals surface area (Å²) in [4.78, 5) is 27.9.